The lowest BCUT2D eigenvalue weighted by Crippen LogP contribution is -2.47. The van der Waals surface area contributed by atoms with E-state index in [-0.39, 0.29) is 5.91 Å². The second-order valence-corrected chi connectivity index (χ2v) is 5.68. The van der Waals surface area contributed by atoms with Gasteiger partial charge in [-0.15, -0.1) is 0 Å². The first kappa shape index (κ1) is 14.2. The van der Waals surface area contributed by atoms with E-state index < -0.39 is 0 Å². The van der Waals surface area contributed by atoms with Crippen molar-refractivity contribution in [2.24, 2.45) is 0 Å². The topological polar surface area (TPSA) is 49.6 Å². The Morgan fingerprint density at radius 1 is 1.47 bits per heavy atom. The minimum atomic E-state index is 0.000664. The Kier molecular flexibility index (Phi) is 4.32. The van der Waals surface area contributed by atoms with Crippen LogP contribution in [0, 0.1) is 0 Å². The third-order valence-electron chi connectivity index (χ3n) is 3.66. The molecule has 1 heterocycles. The van der Waals surface area contributed by atoms with Crippen LogP contribution in [-0.2, 0) is 0 Å². The van der Waals surface area contributed by atoms with Crippen LogP contribution in [-0.4, -0.2) is 48.9 Å². The maximum atomic E-state index is 12.5. The van der Waals surface area contributed by atoms with Crippen molar-refractivity contribution in [3.8, 4) is 0 Å². The highest BCUT2D eigenvalue weighted by atomic mass is 35.5. The number of benzene rings is 1. The number of nitrogens with zero attached hydrogens (tertiary/aromatic N) is 2. The van der Waals surface area contributed by atoms with Crippen molar-refractivity contribution in [2.75, 3.05) is 32.9 Å². The number of carbonyl (C=O) groups excluding carboxylic acids is 1. The first-order chi connectivity index (χ1) is 8.99. The number of nitrogens with two attached hydrogens (primary N) is 1. The molecule has 1 aliphatic rings. The summed E-state index contributed by atoms with van der Waals surface area (Å²) in [6.45, 7) is 1.55. The molecule has 1 atom stereocenters. The number of likely N-dealkylation sites (N-methyl/N-ethyl adjacent to an activating group) is 1. The van der Waals surface area contributed by atoms with Gasteiger partial charge in [0.1, 0.15) is 0 Å². The molecule has 1 unspecified atom stereocenters. The standard InChI is InChI=1S/C14H20ClN3O/c1-17(2)11-4-3-7-18(9-11)14(19)12-6-5-10(15)8-13(12)16/h5-6,8,11H,3-4,7,9,16H2,1-2H3. The van der Waals surface area contributed by atoms with Crippen molar-refractivity contribution in [1.29, 1.82) is 0 Å². The summed E-state index contributed by atoms with van der Waals surface area (Å²) in [5, 5.41) is 0.555. The molecule has 4 nitrogen and oxygen atoms in total. The number of piperidine rings is 1. The number of likely N-dealkylation sites (tertiary alicyclic amines) is 1. The minimum absolute atomic E-state index is 0.000664. The summed E-state index contributed by atoms with van der Waals surface area (Å²) in [7, 11) is 4.10. The fraction of sp³-hybridized carbons (Fsp3) is 0.500. The fourth-order valence-corrected chi connectivity index (χ4v) is 2.64. The lowest BCUT2D eigenvalue weighted by atomic mass is 10.0. The van der Waals surface area contributed by atoms with Crippen molar-refractivity contribution in [3.63, 3.8) is 0 Å². The van der Waals surface area contributed by atoms with E-state index in [1.165, 1.54) is 0 Å². The van der Waals surface area contributed by atoms with Gasteiger partial charge in [0, 0.05) is 29.8 Å². The van der Waals surface area contributed by atoms with Gasteiger partial charge >= 0.3 is 0 Å². The van der Waals surface area contributed by atoms with Crippen LogP contribution in [0.2, 0.25) is 5.02 Å². The van der Waals surface area contributed by atoms with Crippen LogP contribution in [0.4, 0.5) is 5.69 Å². The molecule has 2 N–H and O–H groups in total. The van der Waals surface area contributed by atoms with Crippen LogP contribution in [0.3, 0.4) is 0 Å². The zero-order valence-corrected chi connectivity index (χ0v) is 12.2. The van der Waals surface area contributed by atoms with Gasteiger partial charge in [-0.05, 0) is 45.1 Å². The van der Waals surface area contributed by atoms with Crippen molar-refractivity contribution in [3.05, 3.63) is 28.8 Å². The number of hydrogen-bond acceptors (Lipinski definition) is 3. The lowest BCUT2D eigenvalue weighted by Gasteiger charge is -2.36. The SMILES string of the molecule is CN(C)C1CCCN(C(=O)c2ccc(Cl)cc2N)C1. The fourth-order valence-electron chi connectivity index (χ4n) is 2.46. The van der Waals surface area contributed by atoms with Gasteiger partial charge in [0.15, 0.2) is 0 Å². The molecule has 0 bridgehead atoms. The molecule has 0 aromatic heterocycles. The van der Waals surface area contributed by atoms with Gasteiger partial charge in [0.2, 0.25) is 0 Å². The van der Waals surface area contributed by atoms with Crippen molar-refractivity contribution >= 4 is 23.2 Å². The minimum Gasteiger partial charge on any atom is -0.398 e. The summed E-state index contributed by atoms with van der Waals surface area (Å²) in [6.07, 6.45) is 2.16. The van der Waals surface area contributed by atoms with Gasteiger partial charge in [-0.25, -0.2) is 0 Å². The first-order valence-electron chi connectivity index (χ1n) is 6.50. The lowest BCUT2D eigenvalue weighted by molar-refractivity contribution is 0.0636. The number of rotatable bonds is 2. The van der Waals surface area contributed by atoms with Crippen molar-refractivity contribution in [1.82, 2.24) is 9.80 Å². The molecule has 104 valence electrons. The zero-order valence-electron chi connectivity index (χ0n) is 11.4. The van der Waals surface area contributed by atoms with Gasteiger partial charge in [0.05, 0.1) is 5.56 Å². The maximum absolute atomic E-state index is 12.5. The van der Waals surface area contributed by atoms with Crippen LogP contribution in [0.15, 0.2) is 18.2 Å². The number of carbonyl (C=O) groups is 1. The third kappa shape index (κ3) is 3.19. The highest BCUT2D eigenvalue weighted by molar-refractivity contribution is 6.31. The summed E-state index contributed by atoms with van der Waals surface area (Å²) >= 11 is 5.86. The van der Waals surface area contributed by atoms with Crippen LogP contribution in [0.1, 0.15) is 23.2 Å². The highest BCUT2D eigenvalue weighted by Crippen LogP contribution is 2.22. The van der Waals surface area contributed by atoms with Crippen molar-refractivity contribution < 1.29 is 4.79 Å². The molecule has 0 radical (unpaired) electrons. The molecule has 0 aliphatic carbocycles. The Hall–Kier alpha value is -1.26. The van der Waals surface area contributed by atoms with Gasteiger partial charge in [-0.2, -0.15) is 0 Å². The predicted octanol–water partition coefficient (Wildman–Crippen LogP) is 2.09. The number of amides is 1. The normalized spacial score (nSPS) is 19.8. The first-order valence-corrected chi connectivity index (χ1v) is 6.87. The van der Waals surface area contributed by atoms with E-state index in [1.54, 1.807) is 18.2 Å². The van der Waals surface area contributed by atoms with E-state index in [4.69, 9.17) is 17.3 Å². The van der Waals surface area contributed by atoms with E-state index in [0.29, 0.717) is 22.3 Å². The third-order valence-corrected chi connectivity index (χ3v) is 3.89. The van der Waals surface area contributed by atoms with Gasteiger partial charge in [0.25, 0.3) is 5.91 Å². The molecular weight excluding hydrogens is 262 g/mol. The highest BCUT2D eigenvalue weighted by Gasteiger charge is 2.26. The smallest absolute Gasteiger partial charge is 0.255 e. The average molecular weight is 282 g/mol. The molecule has 1 fully saturated rings. The van der Waals surface area contributed by atoms with Crippen molar-refractivity contribution in [2.45, 2.75) is 18.9 Å². The van der Waals surface area contributed by atoms with Crippen LogP contribution in [0.25, 0.3) is 0 Å². The number of hydrogen-bond donors (Lipinski definition) is 1. The molecule has 1 aromatic rings. The molecule has 0 spiro atoms. The largest absolute Gasteiger partial charge is 0.398 e. The molecule has 1 aromatic carbocycles. The molecule has 1 aliphatic heterocycles. The summed E-state index contributed by atoms with van der Waals surface area (Å²) in [4.78, 5) is 16.5. The van der Waals surface area contributed by atoms with E-state index in [0.717, 1.165) is 25.9 Å². The molecule has 1 saturated heterocycles. The van der Waals surface area contributed by atoms with E-state index >= 15 is 0 Å². The Morgan fingerprint density at radius 3 is 2.84 bits per heavy atom. The monoisotopic (exact) mass is 281 g/mol. The summed E-state index contributed by atoms with van der Waals surface area (Å²) in [5.41, 5.74) is 6.87. The summed E-state index contributed by atoms with van der Waals surface area (Å²) < 4.78 is 0. The van der Waals surface area contributed by atoms with Crippen LogP contribution < -0.4 is 5.73 Å². The van der Waals surface area contributed by atoms with Gasteiger partial charge in [-0.1, -0.05) is 11.6 Å². The van der Waals surface area contributed by atoms with Gasteiger partial charge in [-0.3, -0.25) is 4.79 Å². The summed E-state index contributed by atoms with van der Waals surface area (Å²) in [5.74, 6) is 0.000664. The second-order valence-electron chi connectivity index (χ2n) is 5.24. The van der Waals surface area contributed by atoms with Crippen LogP contribution >= 0.6 is 11.6 Å². The Bertz CT molecular complexity index is 476. The zero-order chi connectivity index (χ0) is 14.0. The number of halogens is 1. The Balaban J connectivity index is 2.15. The Labute approximate surface area is 119 Å². The number of anilines is 1. The molecule has 5 heteroatoms. The Morgan fingerprint density at radius 2 is 2.21 bits per heavy atom. The molecular formula is C14H20ClN3O. The molecule has 0 saturated carbocycles. The second kappa shape index (κ2) is 5.80. The van der Waals surface area contributed by atoms with E-state index in [9.17, 15) is 4.79 Å². The predicted molar refractivity (Wildman–Crippen MR) is 78.5 cm³/mol. The van der Waals surface area contributed by atoms with E-state index in [1.807, 2.05) is 4.90 Å². The maximum Gasteiger partial charge on any atom is 0.255 e. The molecule has 2 rings (SSSR count). The molecule has 1 amide bonds. The quantitative estimate of drug-likeness (QED) is 0.845. The summed E-state index contributed by atoms with van der Waals surface area (Å²) in [6, 6.07) is 5.46. The number of nitrogen functional groups attached to an aromatic ring is 1. The van der Waals surface area contributed by atoms with Gasteiger partial charge < -0.3 is 15.5 Å². The van der Waals surface area contributed by atoms with E-state index in [2.05, 4.69) is 19.0 Å². The van der Waals surface area contributed by atoms with Crippen LogP contribution in [0.5, 0.6) is 0 Å². The average Bonchev–Trinajstić information content (AvgIpc) is 2.38. The molecule has 19 heavy (non-hydrogen) atoms.